The number of nitrogens with zero attached hydrogens (tertiary/aromatic N) is 2. The molecule has 0 bridgehead atoms. The highest BCUT2D eigenvalue weighted by molar-refractivity contribution is 9.09. The van der Waals surface area contributed by atoms with E-state index in [1.807, 2.05) is 19.1 Å². The van der Waals surface area contributed by atoms with Crippen LogP contribution in [0.2, 0.25) is 0 Å². The van der Waals surface area contributed by atoms with Crippen molar-refractivity contribution in [2.75, 3.05) is 6.54 Å². The van der Waals surface area contributed by atoms with Crippen LogP contribution in [0.1, 0.15) is 56.3 Å². The monoisotopic (exact) mass is 340 g/mol. The topological polar surface area (TPSA) is 45.0 Å². The molecule has 0 fully saturated rings. The van der Waals surface area contributed by atoms with Gasteiger partial charge in [0.15, 0.2) is 0 Å². The third-order valence-electron chi connectivity index (χ3n) is 3.28. The molecule has 0 aliphatic heterocycles. The van der Waals surface area contributed by atoms with Crippen molar-refractivity contribution in [1.82, 2.24) is 0 Å². The number of halogens is 1. The van der Waals surface area contributed by atoms with Crippen molar-refractivity contribution in [1.29, 1.82) is 0 Å². The molecule has 0 aromatic heterocycles. The Morgan fingerprint density at radius 3 is 2.45 bits per heavy atom. The smallest absolute Gasteiger partial charge is 0.0852 e. The summed E-state index contributed by atoms with van der Waals surface area (Å²) in [4.78, 5) is 0.287. The number of unbranched alkanes of at least 4 members (excludes halogenated alkanes) is 1. The van der Waals surface area contributed by atoms with Gasteiger partial charge in [-0.3, -0.25) is 0 Å². The second-order valence-electron chi connectivity index (χ2n) is 5.02. The predicted molar refractivity (Wildman–Crippen MR) is 87.9 cm³/mol. The van der Waals surface area contributed by atoms with Crippen molar-refractivity contribution >= 4 is 21.6 Å². The third kappa shape index (κ3) is 6.62. The molecule has 0 spiro atoms. The molecule has 0 radical (unpaired) electrons. The summed E-state index contributed by atoms with van der Waals surface area (Å²) < 4.78 is 0. The highest BCUT2D eigenvalue weighted by Crippen LogP contribution is 2.30. The molecule has 0 heterocycles. The van der Waals surface area contributed by atoms with Gasteiger partial charge in [0.25, 0.3) is 0 Å². The van der Waals surface area contributed by atoms with Crippen LogP contribution in [-0.2, 0) is 0 Å². The SMILES string of the molecule is CCCCN=Nc1ccc(C(Br)CCC(O)CC)cc1. The summed E-state index contributed by atoms with van der Waals surface area (Å²) in [6.45, 7) is 4.95. The minimum atomic E-state index is -0.193. The zero-order chi connectivity index (χ0) is 14.8. The summed E-state index contributed by atoms with van der Waals surface area (Å²) in [7, 11) is 0. The van der Waals surface area contributed by atoms with Crippen LogP contribution >= 0.6 is 15.9 Å². The maximum Gasteiger partial charge on any atom is 0.0852 e. The van der Waals surface area contributed by atoms with Gasteiger partial charge in [-0.1, -0.05) is 48.3 Å². The summed E-state index contributed by atoms with van der Waals surface area (Å²) in [6, 6.07) is 8.14. The second-order valence-corrected chi connectivity index (χ2v) is 6.12. The molecule has 0 aliphatic rings. The van der Waals surface area contributed by atoms with Gasteiger partial charge in [-0.05, 0) is 43.4 Å². The first kappa shape index (κ1) is 17.3. The molecule has 2 unspecified atom stereocenters. The average molecular weight is 341 g/mol. The molecule has 4 heteroatoms. The molecule has 3 nitrogen and oxygen atoms in total. The lowest BCUT2D eigenvalue weighted by molar-refractivity contribution is 0.157. The highest BCUT2D eigenvalue weighted by atomic mass is 79.9. The van der Waals surface area contributed by atoms with E-state index in [4.69, 9.17) is 0 Å². The number of benzene rings is 1. The van der Waals surface area contributed by atoms with Crippen LogP contribution in [0.15, 0.2) is 34.5 Å². The normalized spacial score (nSPS) is 14.6. The van der Waals surface area contributed by atoms with Gasteiger partial charge in [0.05, 0.1) is 18.3 Å². The fourth-order valence-corrected chi connectivity index (χ4v) is 2.39. The molecule has 1 N–H and O–H groups in total. The van der Waals surface area contributed by atoms with Crippen LogP contribution in [0.4, 0.5) is 5.69 Å². The lowest BCUT2D eigenvalue weighted by atomic mass is 10.0. The highest BCUT2D eigenvalue weighted by Gasteiger charge is 2.10. The molecule has 1 aromatic rings. The first-order chi connectivity index (χ1) is 9.67. The van der Waals surface area contributed by atoms with E-state index >= 15 is 0 Å². The van der Waals surface area contributed by atoms with Crippen LogP contribution in [0.5, 0.6) is 0 Å². The maximum atomic E-state index is 9.59. The predicted octanol–water partition coefficient (Wildman–Crippen LogP) is 5.56. The van der Waals surface area contributed by atoms with E-state index in [0.717, 1.165) is 44.3 Å². The van der Waals surface area contributed by atoms with Crippen molar-refractivity contribution < 1.29 is 5.11 Å². The lowest BCUT2D eigenvalue weighted by Crippen LogP contribution is -2.05. The number of aliphatic hydroxyl groups is 1. The number of rotatable bonds is 9. The first-order valence-corrected chi connectivity index (χ1v) is 8.38. The van der Waals surface area contributed by atoms with Crippen LogP contribution < -0.4 is 0 Å². The average Bonchev–Trinajstić information content (AvgIpc) is 2.49. The van der Waals surface area contributed by atoms with Gasteiger partial charge in [0.2, 0.25) is 0 Å². The van der Waals surface area contributed by atoms with Crippen LogP contribution in [0, 0.1) is 0 Å². The van der Waals surface area contributed by atoms with Crippen molar-refractivity contribution in [2.24, 2.45) is 10.2 Å². The molecule has 1 aromatic carbocycles. The van der Waals surface area contributed by atoms with E-state index in [2.05, 4.69) is 45.2 Å². The van der Waals surface area contributed by atoms with E-state index < -0.39 is 0 Å². The number of aliphatic hydroxyl groups excluding tert-OH is 1. The Labute approximate surface area is 130 Å². The molecule has 0 amide bonds. The Balaban J connectivity index is 2.46. The zero-order valence-corrected chi connectivity index (χ0v) is 14.0. The van der Waals surface area contributed by atoms with Gasteiger partial charge in [-0.25, -0.2) is 0 Å². The molecule has 20 heavy (non-hydrogen) atoms. The van der Waals surface area contributed by atoms with E-state index in [0.29, 0.717) is 0 Å². The van der Waals surface area contributed by atoms with E-state index in [1.165, 1.54) is 5.56 Å². The second kappa shape index (κ2) is 10.1. The molecule has 1 rings (SSSR count). The number of azo groups is 1. The van der Waals surface area contributed by atoms with Crippen molar-refractivity contribution in [3.05, 3.63) is 29.8 Å². The minimum Gasteiger partial charge on any atom is -0.393 e. The molecule has 112 valence electrons. The summed E-state index contributed by atoms with van der Waals surface area (Å²) >= 11 is 3.68. The van der Waals surface area contributed by atoms with Crippen molar-refractivity contribution in [2.45, 2.75) is 56.9 Å². The Bertz CT molecular complexity index is 392. The summed E-state index contributed by atoms with van der Waals surface area (Å²) in [5, 5.41) is 17.9. The van der Waals surface area contributed by atoms with Gasteiger partial charge in [-0.15, -0.1) is 0 Å². The van der Waals surface area contributed by atoms with E-state index in [1.54, 1.807) is 0 Å². The third-order valence-corrected chi connectivity index (χ3v) is 4.26. The Morgan fingerprint density at radius 2 is 1.85 bits per heavy atom. The largest absolute Gasteiger partial charge is 0.393 e. The van der Waals surface area contributed by atoms with Crippen LogP contribution in [0.3, 0.4) is 0 Å². The fraction of sp³-hybridized carbons (Fsp3) is 0.625. The van der Waals surface area contributed by atoms with Gasteiger partial charge in [0, 0.05) is 4.83 Å². The number of hydrogen-bond donors (Lipinski definition) is 1. The van der Waals surface area contributed by atoms with Gasteiger partial charge < -0.3 is 5.11 Å². The number of hydrogen-bond acceptors (Lipinski definition) is 3. The summed E-state index contributed by atoms with van der Waals surface area (Å²) in [5.74, 6) is 0. The number of alkyl halides is 1. The standard InChI is InChI=1S/C16H25BrN2O/c1-3-5-12-18-19-14-8-6-13(7-9-14)16(17)11-10-15(20)4-2/h6-9,15-16,20H,3-5,10-12H2,1-2H3. The van der Waals surface area contributed by atoms with Crippen molar-refractivity contribution in [3.8, 4) is 0 Å². The molecular formula is C16H25BrN2O. The first-order valence-electron chi connectivity index (χ1n) is 7.47. The quantitative estimate of drug-likeness (QED) is 0.357. The van der Waals surface area contributed by atoms with E-state index in [-0.39, 0.29) is 10.9 Å². The Morgan fingerprint density at radius 1 is 1.15 bits per heavy atom. The molecule has 2 atom stereocenters. The Kier molecular flexibility index (Phi) is 8.70. The molecule has 0 saturated carbocycles. The van der Waals surface area contributed by atoms with Crippen molar-refractivity contribution in [3.63, 3.8) is 0 Å². The van der Waals surface area contributed by atoms with Crippen LogP contribution in [-0.4, -0.2) is 17.8 Å². The summed E-state index contributed by atoms with van der Waals surface area (Å²) in [6.07, 6.45) is 4.62. The summed E-state index contributed by atoms with van der Waals surface area (Å²) in [5.41, 5.74) is 2.12. The maximum absolute atomic E-state index is 9.59. The van der Waals surface area contributed by atoms with Gasteiger partial charge in [0.1, 0.15) is 0 Å². The molecular weight excluding hydrogens is 316 g/mol. The van der Waals surface area contributed by atoms with E-state index in [9.17, 15) is 5.11 Å². The lowest BCUT2D eigenvalue weighted by Gasteiger charge is -2.12. The minimum absolute atomic E-state index is 0.193. The van der Waals surface area contributed by atoms with Crippen LogP contribution in [0.25, 0.3) is 0 Å². The molecule has 0 aliphatic carbocycles. The fourth-order valence-electron chi connectivity index (χ4n) is 1.82. The zero-order valence-electron chi connectivity index (χ0n) is 12.4. The molecule has 0 saturated heterocycles. The van der Waals surface area contributed by atoms with Gasteiger partial charge in [-0.2, -0.15) is 10.2 Å². The Hall–Kier alpha value is -0.740. The van der Waals surface area contributed by atoms with Gasteiger partial charge >= 0.3 is 0 Å².